The standard InChI is InChI=1S/C12H19N3O2.HI/c1-9(8-15-12(13)14-2)17-11-7-5-4-6-10(11)16-3;/h4-7,9H,8H2,1-3H3,(H3,13,14,15);1H. The fourth-order valence-electron chi connectivity index (χ4n) is 1.30. The van der Waals surface area contributed by atoms with E-state index in [1.807, 2.05) is 31.2 Å². The van der Waals surface area contributed by atoms with Gasteiger partial charge >= 0.3 is 0 Å². The number of hydrogen-bond acceptors (Lipinski definition) is 3. The van der Waals surface area contributed by atoms with Crippen molar-refractivity contribution in [2.45, 2.75) is 13.0 Å². The first-order chi connectivity index (χ1) is 8.17. The molecule has 0 heterocycles. The zero-order chi connectivity index (χ0) is 12.7. The maximum atomic E-state index is 5.73. The summed E-state index contributed by atoms with van der Waals surface area (Å²) in [6.45, 7) is 2.53. The van der Waals surface area contributed by atoms with Crippen LogP contribution in [-0.4, -0.2) is 32.8 Å². The van der Waals surface area contributed by atoms with E-state index in [1.165, 1.54) is 0 Å². The van der Waals surface area contributed by atoms with Crippen LogP contribution in [0, 0.1) is 0 Å². The van der Waals surface area contributed by atoms with Crippen LogP contribution >= 0.6 is 24.0 Å². The van der Waals surface area contributed by atoms with E-state index >= 15 is 0 Å². The Morgan fingerprint density at radius 3 is 2.56 bits per heavy atom. The van der Waals surface area contributed by atoms with Gasteiger partial charge in [-0.25, -0.2) is 0 Å². The van der Waals surface area contributed by atoms with E-state index in [0.29, 0.717) is 12.5 Å². The Hall–Kier alpha value is -1.18. The van der Waals surface area contributed by atoms with Gasteiger partial charge in [0.2, 0.25) is 0 Å². The molecule has 1 rings (SSSR count). The highest BCUT2D eigenvalue weighted by Gasteiger charge is 2.08. The lowest BCUT2D eigenvalue weighted by molar-refractivity contribution is 0.214. The summed E-state index contributed by atoms with van der Waals surface area (Å²) >= 11 is 0. The van der Waals surface area contributed by atoms with Crippen LogP contribution in [0.5, 0.6) is 11.5 Å². The number of methoxy groups -OCH3 is 1. The normalized spacial score (nSPS) is 12.3. The van der Waals surface area contributed by atoms with Gasteiger partial charge in [0.05, 0.1) is 13.7 Å². The Kier molecular flexibility index (Phi) is 8.27. The third-order valence-electron chi connectivity index (χ3n) is 2.21. The number of nitrogens with zero attached hydrogens (tertiary/aromatic N) is 1. The van der Waals surface area contributed by atoms with Crippen molar-refractivity contribution < 1.29 is 9.47 Å². The molecular weight excluding hydrogens is 345 g/mol. The number of benzene rings is 1. The SMILES string of the molecule is CN=C(N)NCC(C)Oc1ccccc1OC.I. The number of hydrogen-bond donors (Lipinski definition) is 2. The maximum absolute atomic E-state index is 5.73. The van der Waals surface area contributed by atoms with Gasteiger partial charge in [0, 0.05) is 7.05 Å². The molecule has 0 bridgehead atoms. The molecule has 0 saturated heterocycles. The molecule has 5 nitrogen and oxygen atoms in total. The molecule has 0 radical (unpaired) electrons. The number of guanidine groups is 1. The van der Waals surface area contributed by atoms with E-state index in [4.69, 9.17) is 15.2 Å². The van der Waals surface area contributed by atoms with Crippen molar-refractivity contribution in [1.29, 1.82) is 0 Å². The summed E-state index contributed by atoms with van der Waals surface area (Å²) < 4.78 is 10.9. The summed E-state index contributed by atoms with van der Waals surface area (Å²) in [7, 11) is 3.25. The van der Waals surface area contributed by atoms with Crippen molar-refractivity contribution in [3.05, 3.63) is 24.3 Å². The first kappa shape index (κ1) is 16.8. The summed E-state index contributed by atoms with van der Waals surface area (Å²) in [4.78, 5) is 3.80. The lowest BCUT2D eigenvalue weighted by atomic mass is 10.3. The topological polar surface area (TPSA) is 68.9 Å². The molecule has 1 unspecified atom stereocenters. The van der Waals surface area contributed by atoms with Crippen molar-refractivity contribution >= 4 is 29.9 Å². The zero-order valence-corrected chi connectivity index (χ0v) is 13.2. The monoisotopic (exact) mass is 365 g/mol. The molecule has 0 aliphatic carbocycles. The average Bonchev–Trinajstić information content (AvgIpc) is 2.36. The Morgan fingerprint density at radius 2 is 2.00 bits per heavy atom. The molecular formula is C12H20IN3O2. The highest BCUT2D eigenvalue weighted by molar-refractivity contribution is 14.0. The van der Waals surface area contributed by atoms with Gasteiger partial charge in [0.25, 0.3) is 0 Å². The maximum Gasteiger partial charge on any atom is 0.188 e. The van der Waals surface area contributed by atoms with Crippen LogP contribution in [0.1, 0.15) is 6.92 Å². The van der Waals surface area contributed by atoms with Gasteiger partial charge in [-0.05, 0) is 19.1 Å². The van der Waals surface area contributed by atoms with Crippen LogP contribution in [0.4, 0.5) is 0 Å². The Balaban J connectivity index is 0.00000289. The summed E-state index contributed by atoms with van der Waals surface area (Å²) in [6.07, 6.45) is -0.0356. The molecule has 102 valence electrons. The number of rotatable bonds is 5. The van der Waals surface area contributed by atoms with Crippen LogP contribution in [0.2, 0.25) is 0 Å². The van der Waals surface area contributed by atoms with Gasteiger partial charge in [-0.2, -0.15) is 0 Å². The first-order valence-corrected chi connectivity index (χ1v) is 5.43. The van der Waals surface area contributed by atoms with E-state index < -0.39 is 0 Å². The number of nitrogens with one attached hydrogen (secondary N) is 1. The molecule has 0 amide bonds. The van der Waals surface area contributed by atoms with Gasteiger partial charge in [-0.3, -0.25) is 4.99 Å². The van der Waals surface area contributed by atoms with Crippen molar-refractivity contribution in [1.82, 2.24) is 5.32 Å². The minimum absolute atomic E-state index is 0. The third kappa shape index (κ3) is 5.44. The van der Waals surface area contributed by atoms with Gasteiger partial charge in [0.1, 0.15) is 6.10 Å². The number of halogens is 1. The Labute approximate surface area is 125 Å². The largest absolute Gasteiger partial charge is 0.493 e. The Bertz CT molecular complexity index is 385. The molecule has 6 heteroatoms. The van der Waals surface area contributed by atoms with Crippen LogP contribution in [0.3, 0.4) is 0 Å². The van der Waals surface area contributed by atoms with Crippen molar-refractivity contribution in [2.24, 2.45) is 10.7 Å². The second-order valence-electron chi connectivity index (χ2n) is 3.57. The van der Waals surface area contributed by atoms with Crippen molar-refractivity contribution in [2.75, 3.05) is 20.7 Å². The lowest BCUT2D eigenvalue weighted by Gasteiger charge is -2.17. The van der Waals surface area contributed by atoms with Crippen LogP contribution < -0.4 is 20.5 Å². The summed E-state index contributed by atoms with van der Waals surface area (Å²) in [5, 5.41) is 2.95. The molecule has 18 heavy (non-hydrogen) atoms. The van der Waals surface area contributed by atoms with Crippen LogP contribution in [0.15, 0.2) is 29.3 Å². The quantitative estimate of drug-likeness (QED) is 0.473. The molecule has 0 aliphatic rings. The van der Waals surface area contributed by atoms with Crippen LogP contribution in [-0.2, 0) is 0 Å². The van der Waals surface area contributed by atoms with Gasteiger partial charge in [-0.15, -0.1) is 24.0 Å². The Morgan fingerprint density at radius 1 is 1.39 bits per heavy atom. The number of aliphatic imine (C=N–C) groups is 1. The van der Waals surface area contributed by atoms with E-state index in [-0.39, 0.29) is 30.1 Å². The molecule has 1 aromatic rings. The summed E-state index contributed by atoms with van der Waals surface area (Å²) in [6, 6.07) is 7.53. The second kappa shape index (κ2) is 8.84. The zero-order valence-electron chi connectivity index (χ0n) is 10.8. The molecule has 0 saturated carbocycles. The smallest absolute Gasteiger partial charge is 0.188 e. The minimum Gasteiger partial charge on any atom is -0.493 e. The lowest BCUT2D eigenvalue weighted by Crippen LogP contribution is -2.38. The number of nitrogens with two attached hydrogens (primary N) is 1. The van der Waals surface area contributed by atoms with Crippen molar-refractivity contribution in [3.8, 4) is 11.5 Å². The van der Waals surface area contributed by atoms with Gasteiger partial charge in [0.15, 0.2) is 17.5 Å². The van der Waals surface area contributed by atoms with E-state index in [0.717, 1.165) is 11.5 Å². The molecule has 3 N–H and O–H groups in total. The predicted octanol–water partition coefficient (Wildman–Crippen LogP) is 1.61. The molecule has 1 aromatic carbocycles. The molecule has 1 atom stereocenters. The minimum atomic E-state index is -0.0356. The molecule has 0 fully saturated rings. The van der Waals surface area contributed by atoms with Crippen molar-refractivity contribution in [3.63, 3.8) is 0 Å². The van der Waals surface area contributed by atoms with E-state index in [2.05, 4.69) is 10.3 Å². The highest BCUT2D eigenvalue weighted by Crippen LogP contribution is 2.26. The molecule has 0 aliphatic heterocycles. The number of ether oxygens (including phenoxy) is 2. The fourth-order valence-corrected chi connectivity index (χ4v) is 1.30. The molecule has 0 spiro atoms. The van der Waals surface area contributed by atoms with E-state index in [1.54, 1.807) is 14.2 Å². The predicted molar refractivity (Wildman–Crippen MR) is 84.0 cm³/mol. The summed E-state index contributed by atoms with van der Waals surface area (Å²) in [5.41, 5.74) is 5.53. The summed E-state index contributed by atoms with van der Waals surface area (Å²) in [5.74, 6) is 1.84. The van der Waals surface area contributed by atoms with E-state index in [9.17, 15) is 0 Å². The highest BCUT2D eigenvalue weighted by atomic mass is 127. The van der Waals surface area contributed by atoms with Gasteiger partial charge < -0.3 is 20.5 Å². The third-order valence-corrected chi connectivity index (χ3v) is 2.21. The van der Waals surface area contributed by atoms with Crippen LogP contribution in [0.25, 0.3) is 0 Å². The average molecular weight is 365 g/mol. The second-order valence-corrected chi connectivity index (χ2v) is 3.57. The molecule has 0 aromatic heterocycles. The van der Waals surface area contributed by atoms with Gasteiger partial charge in [-0.1, -0.05) is 12.1 Å². The number of para-hydroxylation sites is 2. The fraction of sp³-hybridized carbons (Fsp3) is 0.417. The first-order valence-electron chi connectivity index (χ1n) is 5.43.